The lowest BCUT2D eigenvalue weighted by Crippen LogP contribution is -2.18. The van der Waals surface area contributed by atoms with Gasteiger partial charge in [0, 0.05) is 17.2 Å². The van der Waals surface area contributed by atoms with Crippen molar-refractivity contribution in [1.29, 1.82) is 0 Å². The molecule has 0 fully saturated rings. The summed E-state index contributed by atoms with van der Waals surface area (Å²) >= 11 is 0. The first kappa shape index (κ1) is 14.8. The van der Waals surface area contributed by atoms with Crippen molar-refractivity contribution in [2.75, 3.05) is 5.32 Å². The van der Waals surface area contributed by atoms with Crippen molar-refractivity contribution in [3.8, 4) is 11.3 Å². The van der Waals surface area contributed by atoms with Crippen molar-refractivity contribution in [2.24, 2.45) is 5.92 Å². The molecule has 21 heavy (non-hydrogen) atoms. The number of rotatable bonds is 4. The van der Waals surface area contributed by atoms with Gasteiger partial charge in [0.1, 0.15) is 5.76 Å². The number of aromatic carboxylic acids is 1. The van der Waals surface area contributed by atoms with Crippen LogP contribution in [0.25, 0.3) is 11.3 Å². The zero-order valence-corrected chi connectivity index (χ0v) is 12.1. The molecule has 2 N–H and O–H groups in total. The largest absolute Gasteiger partial charge is 0.475 e. The number of hydrogen-bond acceptors (Lipinski definition) is 3. The van der Waals surface area contributed by atoms with Crippen molar-refractivity contribution in [2.45, 2.75) is 20.8 Å². The van der Waals surface area contributed by atoms with Crippen molar-refractivity contribution >= 4 is 17.6 Å². The van der Waals surface area contributed by atoms with E-state index >= 15 is 0 Å². The third-order valence-corrected chi connectivity index (χ3v) is 3.12. The number of carboxylic acid groups (broad SMARTS) is 1. The van der Waals surface area contributed by atoms with Crippen LogP contribution in [-0.2, 0) is 4.79 Å². The average molecular weight is 287 g/mol. The standard InChI is InChI=1S/C16H17NO4/c1-9(2)15(18)17-12-8-11(5-4-10(12)3)13-6-7-14(21-13)16(19)20/h4-9H,1-3H3,(H,17,18)(H,19,20). The topological polar surface area (TPSA) is 79.5 Å². The highest BCUT2D eigenvalue weighted by Crippen LogP contribution is 2.27. The minimum atomic E-state index is -1.11. The molecule has 1 heterocycles. The number of carboxylic acids is 1. The molecule has 0 atom stereocenters. The first-order valence-electron chi connectivity index (χ1n) is 6.63. The van der Waals surface area contributed by atoms with Crippen LogP contribution in [0.3, 0.4) is 0 Å². The lowest BCUT2D eigenvalue weighted by molar-refractivity contribution is -0.118. The average Bonchev–Trinajstić information content (AvgIpc) is 2.91. The van der Waals surface area contributed by atoms with Crippen molar-refractivity contribution in [1.82, 2.24) is 0 Å². The molecule has 5 heteroatoms. The van der Waals surface area contributed by atoms with Gasteiger partial charge in [-0.15, -0.1) is 0 Å². The van der Waals surface area contributed by atoms with Crippen LogP contribution in [0.15, 0.2) is 34.7 Å². The van der Waals surface area contributed by atoms with Crippen molar-refractivity contribution in [3.63, 3.8) is 0 Å². The summed E-state index contributed by atoms with van der Waals surface area (Å²) in [5, 5.41) is 11.7. The molecule has 110 valence electrons. The molecule has 1 amide bonds. The second-order valence-corrected chi connectivity index (χ2v) is 5.14. The second kappa shape index (κ2) is 5.83. The normalized spacial score (nSPS) is 10.7. The summed E-state index contributed by atoms with van der Waals surface area (Å²) in [7, 11) is 0. The highest BCUT2D eigenvalue weighted by Gasteiger charge is 2.13. The van der Waals surface area contributed by atoms with Crippen LogP contribution in [-0.4, -0.2) is 17.0 Å². The summed E-state index contributed by atoms with van der Waals surface area (Å²) in [6.07, 6.45) is 0. The Morgan fingerprint density at radius 3 is 2.48 bits per heavy atom. The lowest BCUT2D eigenvalue weighted by Gasteiger charge is -2.11. The number of anilines is 1. The van der Waals surface area contributed by atoms with E-state index in [0.29, 0.717) is 17.0 Å². The predicted octanol–water partition coefficient (Wildman–Crippen LogP) is 3.55. The van der Waals surface area contributed by atoms with E-state index in [2.05, 4.69) is 5.32 Å². The Kier molecular flexibility index (Phi) is 4.12. The van der Waals surface area contributed by atoms with E-state index in [-0.39, 0.29) is 17.6 Å². The maximum absolute atomic E-state index is 11.8. The molecule has 0 bridgehead atoms. The van der Waals surface area contributed by atoms with Gasteiger partial charge in [-0.25, -0.2) is 4.79 Å². The molecule has 2 rings (SSSR count). The number of carbonyl (C=O) groups excluding carboxylic acids is 1. The van der Waals surface area contributed by atoms with Crippen LogP contribution < -0.4 is 5.32 Å². The van der Waals surface area contributed by atoms with E-state index in [4.69, 9.17) is 9.52 Å². The highest BCUT2D eigenvalue weighted by atomic mass is 16.4. The molecular weight excluding hydrogens is 270 g/mol. The van der Waals surface area contributed by atoms with Crippen LogP contribution in [0.4, 0.5) is 5.69 Å². The van der Waals surface area contributed by atoms with Gasteiger partial charge in [-0.05, 0) is 30.7 Å². The fraction of sp³-hybridized carbons (Fsp3) is 0.250. The molecule has 0 saturated carbocycles. The molecule has 2 aromatic rings. The monoisotopic (exact) mass is 287 g/mol. The maximum atomic E-state index is 11.8. The summed E-state index contributed by atoms with van der Waals surface area (Å²) in [4.78, 5) is 22.6. The minimum absolute atomic E-state index is 0.0686. The summed E-state index contributed by atoms with van der Waals surface area (Å²) in [6, 6.07) is 8.46. The van der Waals surface area contributed by atoms with E-state index in [9.17, 15) is 9.59 Å². The second-order valence-electron chi connectivity index (χ2n) is 5.14. The molecule has 0 aliphatic carbocycles. The van der Waals surface area contributed by atoms with Gasteiger partial charge in [-0.3, -0.25) is 4.79 Å². The Morgan fingerprint density at radius 2 is 1.90 bits per heavy atom. The molecule has 0 spiro atoms. The molecule has 0 aliphatic heterocycles. The van der Waals surface area contributed by atoms with Crippen LogP contribution in [0, 0.1) is 12.8 Å². The van der Waals surface area contributed by atoms with Gasteiger partial charge in [0.15, 0.2) is 0 Å². The smallest absolute Gasteiger partial charge is 0.371 e. The lowest BCUT2D eigenvalue weighted by atomic mass is 10.1. The molecule has 0 aliphatic rings. The first-order chi connectivity index (χ1) is 9.88. The third-order valence-electron chi connectivity index (χ3n) is 3.12. The fourth-order valence-electron chi connectivity index (χ4n) is 1.79. The van der Waals surface area contributed by atoms with Gasteiger partial charge in [-0.2, -0.15) is 0 Å². The predicted molar refractivity (Wildman–Crippen MR) is 79.3 cm³/mol. The third kappa shape index (κ3) is 3.31. The van der Waals surface area contributed by atoms with Crippen LogP contribution >= 0.6 is 0 Å². The zero-order valence-electron chi connectivity index (χ0n) is 12.1. The molecule has 0 saturated heterocycles. The number of nitrogens with one attached hydrogen (secondary N) is 1. The van der Waals surface area contributed by atoms with E-state index in [0.717, 1.165) is 5.56 Å². The number of aryl methyl sites for hydroxylation is 1. The summed E-state index contributed by atoms with van der Waals surface area (Å²) < 4.78 is 5.27. The van der Waals surface area contributed by atoms with Gasteiger partial charge in [0.05, 0.1) is 0 Å². The Hall–Kier alpha value is -2.56. The highest BCUT2D eigenvalue weighted by molar-refractivity contribution is 5.93. The fourth-order valence-corrected chi connectivity index (χ4v) is 1.79. The Balaban J connectivity index is 2.33. The van der Waals surface area contributed by atoms with E-state index < -0.39 is 5.97 Å². The van der Waals surface area contributed by atoms with Crippen molar-refractivity contribution < 1.29 is 19.1 Å². The number of carbonyl (C=O) groups is 2. The molecule has 1 aromatic heterocycles. The quantitative estimate of drug-likeness (QED) is 0.901. The van der Waals surface area contributed by atoms with E-state index in [1.54, 1.807) is 12.1 Å². The Morgan fingerprint density at radius 1 is 1.19 bits per heavy atom. The van der Waals surface area contributed by atoms with Crippen LogP contribution in [0.2, 0.25) is 0 Å². The molecule has 1 aromatic carbocycles. The van der Waals surface area contributed by atoms with Crippen molar-refractivity contribution in [3.05, 3.63) is 41.7 Å². The molecule has 5 nitrogen and oxygen atoms in total. The van der Waals surface area contributed by atoms with Gasteiger partial charge < -0.3 is 14.8 Å². The van der Waals surface area contributed by atoms with E-state index in [1.165, 1.54) is 6.07 Å². The van der Waals surface area contributed by atoms with Gasteiger partial charge in [0.2, 0.25) is 11.7 Å². The first-order valence-corrected chi connectivity index (χ1v) is 6.63. The van der Waals surface area contributed by atoms with E-state index in [1.807, 2.05) is 32.9 Å². The zero-order chi connectivity index (χ0) is 15.6. The summed E-state index contributed by atoms with van der Waals surface area (Å²) in [6.45, 7) is 5.53. The molecule has 0 unspecified atom stereocenters. The van der Waals surface area contributed by atoms with Gasteiger partial charge in [0.25, 0.3) is 0 Å². The summed E-state index contributed by atoms with van der Waals surface area (Å²) in [5.74, 6) is -0.955. The van der Waals surface area contributed by atoms with Crippen LogP contribution in [0.5, 0.6) is 0 Å². The number of hydrogen-bond donors (Lipinski definition) is 2. The van der Waals surface area contributed by atoms with Crippen LogP contribution in [0.1, 0.15) is 30.0 Å². The van der Waals surface area contributed by atoms with Gasteiger partial charge in [-0.1, -0.05) is 26.0 Å². The maximum Gasteiger partial charge on any atom is 0.371 e. The number of amides is 1. The molecular formula is C16H17NO4. The molecule has 0 radical (unpaired) electrons. The minimum Gasteiger partial charge on any atom is -0.475 e. The number of furan rings is 1. The SMILES string of the molecule is Cc1ccc(-c2ccc(C(=O)O)o2)cc1NC(=O)C(C)C. The number of benzene rings is 1. The van der Waals surface area contributed by atoms with Gasteiger partial charge >= 0.3 is 5.97 Å². The Bertz CT molecular complexity index is 685. The summed E-state index contributed by atoms with van der Waals surface area (Å²) in [5.41, 5.74) is 2.34. The Labute approximate surface area is 122 Å².